The average molecular weight is 558 g/mol. The molecule has 2 heterocycles. The molecule has 7 nitrogen and oxygen atoms in total. The second kappa shape index (κ2) is 13.1. The number of carbonyl (C=O) groups excluding carboxylic acids is 2. The molecule has 4 rings (SSSR count). The first kappa shape index (κ1) is 29.3. The molecule has 0 saturated carbocycles. The molecule has 0 spiro atoms. The van der Waals surface area contributed by atoms with Gasteiger partial charge in [0.15, 0.2) is 0 Å². The van der Waals surface area contributed by atoms with Gasteiger partial charge in [0, 0.05) is 55.6 Å². The molecule has 2 fully saturated rings. The van der Waals surface area contributed by atoms with Crippen LogP contribution in [-0.4, -0.2) is 81.0 Å². The number of hydrogen-bond acceptors (Lipinski definition) is 5. The lowest BCUT2D eigenvalue weighted by Gasteiger charge is -2.39. The van der Waals surface area contributed by atoms with Crippen molar-refractivity contribution in [3.05, 3.63) is 64.4 Å². The standard InChI is InChI=1S/C30H41ClFN5O2/c1-20(2)27(34-26(38)13-15-35(3)4)24-6-5-7-25(32)29(24)36-16-18-37(19-17-36)30(39)28-23(12-14-33-28)21-8-10-22(31)11-9-21/h5-11,20,23,27-28,33H,12-19H2,1-4H3,(H,34,38)/t23?,27-,28?/m0/s1. The summed E-state index contributed by atoms with van der Waals surface area (Å²) in [5.41, 5.74) is 2.42. The van der Waals surface area contributed by atoms with E-state index in [1.807, 2.05) is 73.0 Å². The summed E-state index contributed by atoms with van der Waals surface area (Å²) in [4.78, 5) is 32.1. The Hall–Kier alpha value is -2.68. The van der Waals surface area contributed by atoms with Crippen LogP contribution in [0.2, 0.25) is 5.02 Å². The highest BCUT2D eigenvalue weighted by Crippen LogP contribution is 2.35. The molecule has 2 aliphatic heterocycles. The van der Waals surface area contributed by atoms with Crippen molar-refractivity contribution in [3.63, 3.8) is 0 Å². The minimum Gasteiger partial charge on any atom is -0.365 e. The normalized spacial score (nSPS) is 20.5. The van der Waals surface area contributed by atoms with Crippen molar-refractivity contribution in [2.75, 3.05) is 58.3 Å². The Morgan fingerprint density at radius 1 is 1.10 bits per heavy atom. The molecule has 3 atom stereocenters. The third-order valence-corrected chi connectivity index (χ3v) is 8.07. The van der Waals surface area contributed by atoms with E-state index < -0.39 is 0 Å². The molecular weight excluding hydrogens is 517 g/mol. The average Bonchev–Trinajstić information content (AvgIpc) is 3.40. The van der Waals surface area contributed by atoms with Gasteiger partial charge in [-0.15, -0.1) is 0 Å². The van der Waals surface area contributed by atoms with Crippen LogP contribution in [0.15, 0.2) is 42.5 Å². The van der Waals surface area contributed by atoms with Crippen LogP contribution in [-0.2, 0) is 9.59 Å². The van der Waals surface area contributed by atoms with Gasteiger partial charge in [-0.2, -0.15) is 0 Å². The SMILES string of the molecule is CC(C)[C@H](NC(=O)CCN(C)C)c1cccc(F)c1N1CCN(C(=O)C2NCCC2c2ccc(Cl)cc2)CC1. The second-order valence-corrected chi connectivity index (χ2v) is 11.6. The van der Waals surface area contributed by atoms with Crippen LogP contribution in [0.1, 0.15) is 49.8 Å². The maximum atomic E-state index is 15.4. The highest BCUT2D eigenvalue weighted by molar-refractivity contribution is 6.30. The maximum absolute atomic E-state index is 15.4. The van der Waals surface area contributed by atoms with Crippen LogP contribution in [0.25, 0.3) is 0 Å². The third-order valence-electron chi connectivity index (χ3n) is 7.82. The summed E-state index contributed by atoms with van der Waals surface area (Å²) in [5, 5.41) is 7.23. The molecule has 2 aliphatic rings. The number of anilines is 1. The summed E-state index contributed by atoms with van der Waals surface area (Å²) in [6.07, 6.45) is 1.28. The van der Waals surface area contributed by atoms with E-state index in [1.54, 1.807) is 6.07 Å². The molecule has 0 bridgehead atoms. The Kier molecular flexibility index (Phi) is 9.86. The summed E-state index contributed by atoms with van der Waals surface area (Å²) in [6.45, 7) is 7.59. The fourth-order valence-electron chi connectivity index (χ4n) is 5.67. The van der Waals surface area contributed by atoms with Gasteiger partial charge < -0.3 is 25.3 Å². The fraction of sp³-hybridized carbons (Fsp3) is 0.533. The largest absolute Gasteiger partial charge is 0.365 e. The molecule has 0 aliphatic carbocycles. The number of rotatable bonds is 9. The van der Waals surface area contributed by atoms with Crippen LogP contribution >= 0.6 is 11.6 Å². The van der Waals surface area contributed by atoms with Crippen molar-refractivity contribution in [3.8, 4) is 0 Å². The van der Waals surface area contributed by atoms with Crippen molar-refractivity contribution in [1.82, 2.24) is 20.4 Å². The van der Waals surface area contributed by atoms with Gasteiger partial charge in [0.05, 0.1) is 17.8 Å². The zero-order valence-corrected chi connectivity index (χ0v) is 24.2. The molecule has 2 unspecified atom stereocenters. The predicted molar refractivity (Wildman–Crippen MR) is 155 cm³/mol. The van der Waals surface area contributed by atoms with E-state index in [0.717, 1.165) is 24.1 Å². The van der Waals surface area contributed by atoms with Crippen molar-refractivity contribution < 1.29 is 14.0 Å². The number of benzene rings is 2. The predicted octanol–water partition coefficient (Wildman–Crippen LogP) is 4.04. The molecule has 2 aromatic rings. The first-order valence-corrected chi connectivity index (χ1v) is 14.3. The van der Waals surface area contributed by atoms with Crippen LogP contribution in [0, 0.1) is 11.7 Å². The van der Waals surface area contributed by atoms with Gasteiger partial charge in [-0.3, -0.25) is 9.59 Å². The quantitative estimate of drug-likeness (QED) is 0.487. The van der Waals surface area contributed by atoms with Crippen LogP contribution in [0.3, 0.4) is 0 Å². The lowest BCUT2D eigenvalue weighted by atomic mass is 9.91. The number of carbonyl (C=O) groups is 2. The summed E-state index contributed by atoms with van der Waals surface area (Å²) in [7, 11) is 3.87. The lowest BCUT2D eigenvalue weighted by molar-refractivity contribution is -0.133. The Bertz CT molecular complexity index is 1130. The molecule has 0 aromatic heterocycles. The summed E-state index contributed by atoms with van der Waals surface area (Å²) in [6, 6.07) is 12.3. The molecule has 212 valence electrons. The topological polar surface area (TPSA) is 67.9 Å². The van der Waals surface area contributed by atoms with E-state index in [-0.39, 0.29) is 41.6 Å². The Morgan fingerprint density at radius 2 is 1.79 bits per heavy atom. The minimum atomic E-state index is -0.312. The second-order valence-electron chi connectivity index (χ2n) is 11.2. The molecule has 2 N–H and O–H groups in total. The Balaban J connectivity index is 1.45. The van der Waals surface area contributed by atoms with Crippen molar-refractivity contribution >= 4 is 29.1 Å². The van der Waals surface area contributed by atoms with Gasteiger partial charge in [-0.25, -0.2) is 4.39 Å². The van der Waals surface area contributed by atoms with Gasteiger partial charge >= 0.3 is 0 Å². The molecule has 2 aromatic carbocycles. The van der Waals surface area contributed by atoms with Crippen molar-refractivity contribution in [2.24, 2.45) is 5.92 Å². The molecule has 9 heteroatoms. The number of piperazine rings is 1. The monoisotopic (exact) mass is 557 g/mol. The fourth-order valence-corrected chi connectivity index (χ4v) is 5.80. The summed E-state index contributed by atoms with van der Waals surface area (Å²) >= 11 is 6.07. The molecule has 2 saturated heterocycles. The van der Waals surface area contributed by atoms with E-state index in [0.29, 0.717) is 49.9 Å². The van der Waals surface area contributed by atoms with Crippen LogP contribution < -0.4 is 15.5 Å². The van der Waals surface area contributed by atoms with Crippen molar-refractivity contribution in [2.45, 2.75) is 44.7 Å². The maximum Gasteiger partial charge on any atom is 0.240 e. The van der Waals surface area contributed by atoms with E-state index in [1.165, 1.54) is 6.07 Å². The zero-order valence-electron chi connectivity index (χ0n) is 23.4. The van der Waals surface area contributed by atoms with Crippen LogP contribution in [0.5, 0.6) is 0 Å². The summed E-state index contributed by atoms with van der Waals surface area (Å²) < 4.78 is 15.4. The Morgan fingerprint density at radius 3 is 2.44 bits per heavy atom. The van der Waals surface area contributed by atoms with E-state index in [2.05, 4.69) is 10.6 Å². The third kappa shape index (κ3) is 7.10. The van der Waals surface area contributed by atoms with Gasteiger partial charge in [-0.1, -0.05) is 49.7 Å². The number of hydrogen-bond donors (Lipinski definition) is 2. The summed E-state index contributed by atoms with van der Waals surface area (Å²) in [5.74, 6) is -0.0778. The zero-order chi connectivity index (χ0) is 28.1. The number of nitrogens with zero attached hydrogens (tertiary/aromatic N) is 3. The smallest absolute Gasteiger partial charge is 0.240 e. The highest BCUT2D eigenvalue weighted by Gasteiger charge is 2.37. The first-order chi connectivity index (χ1) is 18.7. The van der Waals surface area contributed by atoms with E-state index >= 15 is 4.39 Å². The number of halogens is 2. The van der Waals surface area contributed by atoms with Gasteiger partial charge in [0.2, 0.25) is 11.8 Å². The van der Waals surface area contributed by atoms with Crippen LogP contribution in [0.4, 0.5) is 10.1 Å². The first-order valence-electron chi connectivity index (χ1n) is 13.9. The number of nitrogens with one attached hydrogen (secondary N) is 2. The van der Waals surface area contributed by atoms with Gasteiger partial charge in [0.25, 0.3) is 0 Å². The van der Waals surface area contributed by atoms with E-state index in [9.17, 15) is 9.59 Å². The highest BCUT2D eigenvalue weighted by atomic mass is 35.5. The lowest BCUT2D eigenvalue weighted by Crippen LogP contribution is -2.54. The minimum absolute atomic E-state index is 0.0488. The molecular formula is C30H41ClFN5O2. The number of amides is 2. The van der Waals surface area contributed by atoms with Gasteiger partial charge in [-0.05, 0) is 56.7 Å². The molecule has 0 radical (unpaired) electrons. The molecule has 2 amide bonds. The Labute approximate surface area is 236 Å². The van der Waals surface area contributed by atoms with Gasteiger partial charge in [0.1, 0.15) is 5.82 Å². The van der Waals surface area contributed by atoms with Crippen molar-refractivity contribution in [1.29, 1.82) is 0 Å². The van der Waals surface area contributed by atoms with E-state index in [4.69, 9.17) is 11.6 Å². The number of para-hydroxylation sites is 1. The molecule has 39 heavy (non-hydrogen) atoms.